The second-order valence-corrected chi connectivity index (χ2v) is 2.39. The van der Waals surface area contributed by atoms with E-state index in [0.29, 0.717) is 0 Å². The van der Waals surface area contributed by atoms with Gasteiger partial charge in [-0.15, -0.1) is 0 Å². The van der Waals surface area contributed by atoms with Gasteiger partial charge in [-0.3, -0.25) is 0 Å². The van der Waals surface area contributed by atoms with Crippen molar-refractivity contribution in [2.24, 2.45) is 0 Å². The van der Waals surface area contributed by atoms with Crippen molar-refractivity contribution in [1.29, 1.82) is 0 Å². The summed E-state index contributed by atoms with van der Waals surface area (Å²) in [5.41, 5.74) is 0. The van der Waals surface area contributed by atoms with Crippen molar-refractivity contribution in [2.45, 2.75) is 25.5 Å². The minimum Gasteiger partial charge on any atom is -0.321 e. The van der Waals surface area contributed by atoms with Gasteiger partial charge in [0.1, 0.15) is 0 Å². The molecule has 2 nitrogen and oxygen atoms in total. The molecule has 0 bridgehead atoms. The minimum atomic E-state index is -2.62. The van der Waals surface area contributed by atoms with E-state index in [1.165, 1.54) is 0 Å². The summed E-state index contributed by atoms with van der Waals surface area (Å²) in [4.78, 5) is 0. The summed E-state index contributed by atoms with van der Waals surface area (Å²) < 4.78 is 27.0. The zero-order valence-corrected chi connectivity index (χ0v) is 5.65. The van der Waals surface area contributed by atoms with Crippen LogP contribution >= 0.6 is 0 Å². The highest BCUT2D eigenvalue weighted by Gasteiger charge is 2.15. The largest absolute Gasteiger partial charge is 0.345 e. The van der Waals surface area contributed by atoms with E-state index < -0.39 is 6.61 Å². The Bertz CT molecular complexity index is 93.7. The molecule has 10 heavy (non-hydrogen) atoms. The Morgan fingerprint density at radius 2 is 2.40 bits per heavy atom. The van der Waals surface area contributed by atoms with Crippen LogP contribution in [0.4, 0.5) is 8.78 Å². The summed E-state index contributed by atoms with van der Waals surface area (Å²) in [5.74, 6) is 0. The fourth-order valence-corrected chi connectivity index (χ4v) is 1.09. The van der Waals surface area contributed by atoms with Gasteiger partial charge in [-0.1, -0.05) is 0 Å². The first-order chi connectivity index (χ1) is 4.79. The molecule has 0 aromatic rings. The van der Waals surface area contributed by atoms with E-state index in [1.54, 1.807) is 0 Å². The van der Waals surface area contributed by atoms with E-state index in [0.717, 1.165) is 19.4 Å². The first-order valence-corrected chi connectivity index (χ1v) is 3.42. The molecule has 1 N–H and O–H groups in total. The van der Waals surface area contributed by atoms with Crippen molar-refractivity contribution in [2.75, 3.05) is 13.2 Å². The predicted octanol–water partition coefficient (Wildman–Crippen LogP) is 0.978. The van der Waals surface area contributed by atoms with Crippen LogP contribution in [-0.2, 0) is 4.74 Å². The highest BCUT2D eigenvalue weighted by molar-refractivity contribution is 4.72. The van der Waals surface area contributed by atoms with Crippen molar-refractivity contribution in [3.8, 4) is 0 Å². The van der Waals surface area contributed by atoms with Gasteiger partial charge in [0.05, 0.1) is 6.61 Å². The number of nitrogens with one attached hydrogen (secondary N) is 1. The summed E-state index contributed by atoms with van der Waals surface area (Å²) in [6.07, 6.45) is 2.02. The molecule has 1 saturated heterocycles. The molecule has 0 aliphatic carbocycles. The molecule has 0 amide bonds. The summed E-state index contributed by atoms with van der Waals surface area (Å²) in [5, 5.41) is 3.05. The third-order valence-electron chi connectivity index (χ3n) is 1.59. The average molecular weight is 151 g/mol. The van der Waals surface area contributed by atoms with Crippen molar-refractivity contribution in [3.05, 3.63) is 0 Å². The molecule has 60 valence electrons. The number of hydrogen-bond acceptors (Lipinski definition) is 2. The van der Waals surface area contributed by atoms with Gasteiger partial charge in [0.25, 0.3) is 0 Å². The standard InChI is InChI=1S/C6H11F2NO/c7-6(8)10-4-5-2-1-3-9-5/h5-6,9H,1-4H2/t5-/m0/s1. The summed E-state index contributed by atoms with van der Waals surface area (Å²) in [7, 11) is 0. The lowest BCUT2D eigenvalue weighted by Gasteiger charge is -2.08. The van der Waals surface area contributed by atoms with Crippen LogP contribution in [0, 0.1) is 0 Å². The molecule has 1 aliphatic rings. The van der Waals surface area contributed by atoms with Crippen LogP contribution in [0.1, 0.15) is 12.8 Å². The highest BCUT2D eigenvalue weighted by atomic mass is 19.3. The Morgan fingerprint density at radius 3 is 2.90 bits per heavy atom. The van der Waals surface area contributed by atoms with Crippen LogP contribution in [-0.4, -0.2) is 25.8 Å². The molecule has 0 saturated carbocycles. The molecule has 0 aromatic carbocycles. The number of alkyl halides is 2. The molecular formula is C6H11F2NO. The smallest absolute Gasteiger partial charge is 0.321 e. The van der Waals surface area contributed by atoms with Crippen LogP contribution in [0.15, 0.2) is 0 Å². The molecule has 4 heteroatoms. The topological polar surface area (TPSA) is 21.3 Å². The third kappa shape index (κ3) is 2.58. The van der Waals surface area contributed by atoms with Crippen molar-refractivity contribution in [1.82, 2.24) is 5.32 Å². The molecule has 0 radical (unpaired) electrons. The fraction of sp³-hybridized carbons (Fsp3) is 1.00. The molecule has 0 aromatic heterocycles. The van der Waals surface area contributed by atoms with E-state index in [9.17, 15) is 8.78 Å². The Balaban J connectivity index is 2.01. The van der Waals surface area contributed by atoms with Gasteiger partial charge in [-0.25, -0.2) is 0 Å². The van der Waals surface area contributed by atoms with Gasteiger partial charge in [-0.05, 0) is 19.4 Å². The lowest BCUT2D eigenvalue weighted by molar-refractivity contribution is -0.132. The number of hydrogen-bond donors (Lipinski definition) is 1. The molecule has 0 spiro atoms. The molecule has 1 rings (SSSR count). The minimum absolute atomic E-state index is 0.137. The van der Waals surface area contributed by atoms with Crippen LogP contribution in [0.5, 0.6) is 0 Å². The van der Waals surface area contributed by atoms with Gasteiger partial charge in [0.15, 0.2) is 0 Å². The summed E-state index contributed by atoms with van der Waals surface area (Å²) in [6, 6.07) is 0.147. The maximum Gasteiger partial charge on any atom is 0.345 e. The van der Waals surface area contributed by atoms with Crippen LogP contribution < -0.4 is 5.32 Å². The van der Waals surface area contributed by atoms with Crippen LogP contribution in [0.25, 0.3) is 0 Å². The lowest BCUT2D eigenvalue weighted by atomic mass is 10.2. The summed E-state index contributed by atoms with van der Waals surface area (Å²) >= 11 is 0. The number of ether oxygens (including phenoxy) is 1. The quantitative estimate of drug-likeness (QED) is 0.649. The van der Waals surface area contributed by atoms with Gasteiger partial charge < -0.3 is 10.1 Å². The van der Waals surface area contributed by atoms with E-state index >= 15 is 0 Å². The maximum absolute atomic E-state index is 11.4. The highest BCUT2D eigenvalue weighted by Crippen LogP contribution is 2.06. The molecule has 1 aliphatic heterocycles. The SMILES string of the molecule is FC(F)OC[C@@H]1CCCN1. The van der Waals surface area contributed by atoms with Crippen molar-refractivity contribution >= 4 is 0 Å². The zero-order valence-electron chi connectivity index (χ0n) is 5.65. The van der Waals surface area contributed by atoms with Gasteiger partial charge in [0, 0.05) is 6.04 Å². The first kappa shape index (κ1) is 7.88. The first-order valence-electron chi connectivity index (χ1n) is 3.42. The fourth-order valence-electron chi connectivity index (χ4n) is 1.09. The monoisotopic (exact) mass is 151 g/mol. The second-order valence-electron chi connectivity index (χ2n) is 2.39. The molecule has 0 unspecified atom stereocenters. The van der Waals surface area contributed by atoms with Crippen LogP contribution in [0.2, 0.25) is 0 Å². The number of halogens is 2. The van der Waals surface area contributed by atoms with E-state index in [1.807, 2.05) is 0 Å². The Morgan fingerprint density at radius 1 is 1.60 bits per heavy atom. The lowest BCUT2D eigenvalue weighted by Crippen LogP contribution is -2.27. The van der Waals surface area contributed by atoms with E-state index in [-0.39, 0.29) is 12.6 Å². The Kier molecular flexibility index (Phi) is 3.02. The molecule has 1 heterocycles. The Hall–Kier alpha value is -0.220. The van der Waals surface area contributed by atoms with E-state index in [2.05, 4.69) is 10.1 Å². The normalized spacial score (nSPS) is 26.1. The van der Waals surface area contributed by atoms with Crippen molar-refractivity contribution in [3.63, 3.8) is 0 Å². The molecule has 1 atom stereocenters. The number of rotatable bonds is 3. The zero-order chi connectivity index (χ0) is 7.40. The average Bonchev–Trinajstić information content (AvgIpc) is 2.34. The summed E-state index contributed by atoms with van der Waals surface area (Å²) in [6.45, 7) is -1.56. The second kappa shape index (κ2) is 3.83. The third-order valence-corrected chi connectivity index (χ3v) is 1.59. The van der Waals surface area contributed by atoms with Gasteiger partial charge in [-0.2, -0.15) is 8.78 Å². The molecular weight excluding hydrogens is 140 g/mol. The van der Waals surface area contributed by atoms with Crippen LogP contribution in [0.3, 0.4) is 0 Å². The van der Waals surface area contributed by atoms with Crippen molar-refractivity contribution < 1.29 is 13.5 Å². The van der Waals surface area contributed by atoms with Gasteiger partial charge >= 0.3 is 6.61 Å². The predicted molar refractivity (Wildman–Crippen MR) is 33.0 cm³/mol. The van der Waals surface area contributed by atoms with E-state index in [4.69, 9.17) is 0 Å². The maximum atomic E-state index is 11.4. The Labute approximate surface area is 58.6 Å². The van der Waals surface area contributed by atoms with Gasteiger partial charge in [0.2, 0.25) is 0 Å². The molecule has 1 fully saturated rings.